The van der Waals surface area contributed by atoms with E-state index in [-0.39, 0.29) is 5.97 Å². The number of hydrogen-bond acceptors (Lipinski definition) is 3. The quantitative estimate of drug-likeness (QED) is 0.800. The molecule has 0 fully saturated rings. The van der Waals surface area contributed by atoms with Gasteiger partial charge in [0.1, 0.15) is 5.75 Å². The second kappa shape index (κ2) is 5.76. The number of hydrogen-bond donors (Lipinski definition) is 0. The molecule has 2 aromatic carbocycles. The second-order valence-corrected chi connectivity index (χ2v) is 4.33. The van der Waals surface area contributed by atoms with Gasteiger partial charge in [-0.15, -0.1) is 0 Å². The van der Waals surface area contributed by atoms with Crippen LogP contribution in [0.2, 0.25) is 5.02 Å². The van der Waals surface area contributed by atoms with Crippen LogP contribution < -0.4 is 4.74 Å². The van der Waals surface area contributed by atoms with Crippen LogP contribution >= 0.6 is 11.6 Å². The summed E-state index contributed by atoms with van der Waals surface area (Å²) in [6, 6.07) is 12.6. The first-order valence-electron chi connectivity index (χ1n) is 5.68. The van der Waals surface area contributed by atoms with Gasteiger partial charge >= 0.3 is 5.97 Å². The minimum Gasteiger partial charge on any atom is -0.497 e. The van der Waals surface area contributed by atoms with Gasteiger partial charge in [0.05, 0.1) is 24.8 Å². The van der Waals surface area contributed by atoms with Gasteiger partial charge in [-0.3, -0.25) is 0 Å². The van der Waals surface area contributed by atoms with Crippen LogP contribution in [0.5, 0.6) is 5.75 Å². The van der Waals surface area contributed by atoms with Crippen LogP contribution in [0.4, 0.5) is 0 Å². The number of benzene rings is 2. The van der Waals surface area contributed by atoms with Gasteiger partial charge in [0, 0.05) is 5.56 Å². The maximum absolute atomic E-state index is 11.5. The zero-order valence-electron chi connectivity index (χ0n) is 10.6. The lowest BCUT2D eigenvalue weighted by molar-refractivity contribution is 0.0601. The Kier molecular flexibility index (Phi) is 4.07. The Morgan fingerprint density at radius 1 is 1.11 bits per heavy atom. The van der Waals surface area contributed by atoms with Crippen molar-refractivity contribution in [3.8, 4) is 16.9 Å². The van der Waals surface area contributed by atoms with E-state index in [0.29, 0.717) is 16.3 Å². The first kappa shape index (κ1) is 13.4. The number of ether oxygens (including phenoxy) is 2. The molecular formula is C15H13ClO3. The van der Waals surface area contributed by atoms with Crippen LogP contribution in [0.15, 0.2) is 42.5 Å². The van der Waals surface area contributed by atoms with Gasteiger partial charge in [0.25, 0.3) is 0 Å². The summed E-state index contributed by atoms with van der Waals surface area (Å²) in [7, 11) is 2.94. The van der Waals surface area contributed by atoms with E-state index < -0.39 is 0 Å². The fraction of sp³-hybridized carbons (Fsp3) is 0.133. The summed E-state index contributed by atoms with van der Waals surface area (Å²) in [5.74, 6) is 0.323. The van der Waals surface area contributed by atoms with E-state index in [1.807, 2.05) is 18.2 Å². The number of carbonyl (C=O) groups excluding carboxylic acids is 1. The predicted molar refractivity (Wildman–Crippen MR) is 74.8 cm³/mol. The number of carbonyl (C=O) groups is 1. The molecule has 98 valence electrons. The molecule has 0 aliphatic heterocycles. The number of esters is 1. The van der Waals surface area contributed by atoms with Gasteiger partial charge < -0.3 is 9.47 Å². The summed E-state index contributed by atoms with van der Waals surface area (Å²) in [5.41, 5.74) is 2.19. The lowest BCUT2D eigenvalue weighted by Gasteiger charge is -2.08. The van der Waals surface area contributed by atoms with Gasteiger partial charge in [-0.1, -0.05) is 23.7 Å². The Bertz CT molecular complexity index is 608. The Balaban J connectivity index is 2.44. The Labute approximate surface area is 116 Å². The van der Waals surface area contributed by atoms with Gasteiger partial charge in [-0.2, -0.15) is 0 Å². The number of methoxy groups -OCH3 is 2. The van der Waals surface area contributed by atoms with Crippen molar-refractivity contribution in [2.24, 2.45) is 0 Å². The SMILES string of the molecule is COC(=O)c1cccc(-c2ccc(OC)cc2Cl)c1. The molecule has 0 saturated heterocycles. The highest BCUT2D eigenvalue weighted by Crippen LogP contribution is 2.31. The van der Waals surface area contributed by atoms with Crippen molar-refractivity contribution >= 4 is 17.6 Å². The molecule has 0 saturated carbocycles. The third-order valence-electron chi connectivity index (χ3n) is 2.77. The monoisotopic (exact) mass is 276 g/mol. The van der Waals surface area contributed by atoms with Gasteiger partial charge in [0.2, 0.25) is 0 Å². The minimum atomic E-state index is -0.369. The molecule has 19 heavy (non-hydrogen) atoms. The normalized spacial score (nSPS) is 10.1. The molecule has 0 aromatic heterocycles. The van der Waals surface area contributed by atoms with Crippen molar-refractivity contribution in [3.63, 3.8) is 0 Å². The van der Waals surface area contributed by atoms with E-state index in [4.69, 9.17) is 21.1 Å². The minimum absolute atomic E-state index is 0.369. The molecule has 2 aromatic rings. The van der Waals surface area contributed by atoms with E-state index in [2.05, 4.69) is 0 Å². The standard InChI is InChI=1S/C15H13ClO3/c1-18-12-6-7-13(14(16)9-12)10-4-3-5-11(8-10)15(17)19-2/h3-9H,1-2H3. The third kappa shape index (κ3) is 2.88. The van der Waals surface area contributed by atoms with Crippen LogP contribution in [-0.4, -0.2) is 20.2 Å². The number of rotatable bonds is 3. The van der Waals surface area contributed by atoms with E-state index >= 15 is 0 Å². The fourth-order valence-electron chi connectivity index (χ4n) is 1.79. The first-order valence-corrected chi connectivity index (χ1v) is 6.06. The van der Waals surface area contributed by atoms with Crippen molar-refractivity contribution in [2.75, 3.05) is 14.2 Å². The Morgan fingerprint density at radius 3 is 2.53 bits per heavy atom. The van der Waals surface area contributed by atoms with E-state index in [9.17, 15) is 4.79 Å². The summed E-state index contributed by atoms with van der Waals surface area (Å²) in [6.45, 7) is 0. The summed E-state index contributed by atoms with van der Waals surface area (Å²) in [4.78, 5) is 11.5. The van der Waals surface area contributed by atoms with Crippen molar-refractivity contribution in [1.29, 1.82) is 0 Å². The average Bonchev–Trinajstić information content (AvgIpc) is 2.46. The van der Waals surface area contributed by atoms with Crippen LogP contribution in [0.1, 0.15) is 10.4 Å². The molecule has 0 amide bonds. The molecule has 4 heteroatoms. The summed E-state index contributed by atoms with van der Waals surface area (Å²) >= 11 is 6.21. The Hall–Kier alpha value is -2.00. The molecule has 0 heterocycles. The molecular weight excluding hydrogens is 264 g/mol. The van der Waals surface area contributed by atoms with E-state index in [1.165, 1.54) is 7.11 Å². The zero-order chi connectivity index (χ0) is 13.8. The largest absolute Gasteiger partial charge is 0.497 e. The lowest BCUT2D eigenvalue weighted by Crippen LogP contribution is -2.00. The number of halogens is 1. The average molecular weight is 277 g/mol. The molecule has 0 bridgehead atoms. The van der Waals surface area contributed by atoms with Crippen molar-refractivity contribution in [2.45, 2.75) is 0 Å². The third-order valence-corrected chi connectivity index (χ3v) is 3.08. The summed E-state index contributed by atoms with van der Waals surface area (Å²) < 4.78 is 9.81. The molecule has 0 atom stereocenters. The van der Waals surface area contributed by atoms with Crippen LogP contribution in [0.25, 0.3) is 11.1 Å². The van der Waals surface area contributed by atoms with Crippen molar-refractivity contribution < 1.29 is 14.3 Å². The molecule has 2 rings (SSSR count). The van der Waals surface area contributed by atoms with Crippen LogP contribution in [0.3, 0.4) is 0 Å². The smallest absolute Gasteiger partial charge is 0.337 e. The molecule has 0 aliphatic rings. The van der Waals surface area contributed by atoms with Gasteiger partial charge in [-0.25, -0.2) is 4.79 Å². The van der Waals surface area contributed by atoms with E-state index in [0.717, 1.165) is 11.1 Å². The highest BCUT2D eigenvalue weighted by molar-refractivity contribution is 6.33. The topological polar surface area (TPSA) is 35.5 Å². The van der Waals surface area contributed by atoms with Gasteiger partial charge in [-0.05, 0) is 35.9 Å². The molecule has 0 unspecified atom stereocenters. The highest BCUT2D eigenvalue weighted by Gasteiger charge is 2.09. The van der Waals surface area contributed by atoms with Gasteiger partial charge in [0.15, 0.2) is 0 Å². The second-order valence-electron chi connectivity index (χ2n) is 3.92. The van der Waals surface area contributed by atoms with Crippen molar-refractivity contribution in [3.05, 3.63) is 53.1 Å². The summed E-state index contributed by atoms with van der Waals surface area (Å²) in [6.07, 6.45) is 0. The molecule has 0 aliphatic carbocycles. The summed E-state index contributed by atoms with van der Waals surface area (Å²) in [5, 5.41) is 0.571. The van der Waals surface area contributed by atoms with Crippen LogP contribution in [0, 0.1) is 0 Å². The molecule has 3 nitrogen and oxygen atoms in total. The fourth-order valence-corrected chi connectivity index (χ4v) is 2.07. The highest BCUT2D eigenvalue weighted by atomic mass is 35.5. The zero-order valence-corrected chi connectivity index (χ0v) is 11.4. The lowest BCUT2D eigenvalue weighted by atomic mass is 10.0. The van der Waals surface area contributed by atoms with E-state index in [1.54, 1.807) is 31.4 Å². The maximum atomic E-state index is 11.5. The predicted octanol–water partition coefficient (Wildman–Crippen LogP) is 3.80. The Morgan fingerprint density at radius 2 is 1.89 bits per heavy atom. The first-order chi connectivity index (χ1) is 9.15. The molecule has 0 N–H and O–H groups in total. The molecule has 0 spiro atoms. The van der Waals surface area contributed by atoms with Crippen LogP contribution in [-0.2, 0) is 4.74 Å². The maximum Gasteiger partial charge on any atom is 0.337 e. The molecule has 0 radical (unpaired) electrons. The van der Waals surface area contributed by atoms with Crippen molar-refractivity contribution in [1.82, 2.24) is 0 Å².